The van der Waals surface area contributed by atoms with Gasteiger partial charge in [-0.15, -0.1) is 0 Å². The second kappa shape index (κ2) is 7.26. The fourth-order valence-electron chi connectivity index (χ4n) is 2.03. The predicted molar refractivity (Wildman–Crippen MR) is 84.7 cm³/mol. The molecule has 22 heavy (non-hydrogen) atoms. The Kier molecular flexibility index (Phi) is 5.14. The molecule has 114 valence electrons. The summed E-state index contributed by atoms with van der Waals surface area (Å²) in [5, 5.41) is 2.84. The maximum atomic E-state index is 11.9. The molecule has 3 N–H and O–H groups in total. The van der Waals surface area contributed by atoms with Crippen molar-refractivity contribution in [2.24, 2.45) is 0 Å². The summed E-state index contributed by atoms with van der Waals surface area (Å²) < 4.78 is 4.64. The van der Waals surface area contributed by atoms with E-state index in [2.05, 4.69) is 10.1 Å². The highest BCUT2D eigenvalue weighted by Crippen LogP contribution is 2.08. The van der Waals surface area contributed by atoms with Crippen LogP contribution in [0.15, 0.2) is 48.5 Å². The van der Waals surface area contributed by atoms with E-state index in [-0.39, 0.29) is 11.9 Å². The summed E-state index contributed by atoms with van der Waals surface area (Å²) in [6, 6.07) is 14.0. The molecule has 0 saturated heterocycles. The van der Waals surface area contributed by atoms with E-state index in [0.29, 0.717) is 29.8 Å². The number of nitrogen functional groups attached to an aromatic ring is 1. The normalized spacial score (nSPS) is 10.0. The van der Waals surface area contributed by atoms with Crippen LogP contribution in [0.1, 0.15) is 26.3 Å². The predicted octanol–water partition coefficient (Wildman–Crippen LogP) is 2.03. The monoisotopic (exact) mass is 298 g/mol. The number of nitrogens with two attached hydrogens (primary N) is 1. The van der Waals surface area contributed by atoms with Gasteiger partial charge in [0.2, 0.25) is 0 Å². The molecule has 0 radical (unpaired) electrons. The molecule has 0 saturated carbocycles. The Labute approximate surface area is 129 Å². The largest absolute Gasteiger partial charge is 0.465 e. The van der Waals surface area contributed by atoms with Crippen molar-refractivity contribution in [1.29, 1.82) is 0 Å². The fraction of sp³-hybridized carbons (Fsp3) is 0.176. The van der Waals surface area contributed by atoms with Gasteiger partial charge in [0.25, 0.3) is 5.91 Å². The first kappa shape index (κ1) is 15.6. The van der Waals surface area contributed by atoms with Crippen LogP contribution in [0, 0.1) is 0 Å². The highest BCUT2D eigenvalue weighted by molar-refractivity contribution is 5.95. The number of rotatable bonds is 5. The van der Waals surface area contributed by atoms with Gasteiger partial charge in [-0.2, -0.15) is 0 Å². The summed E-state index contributed by atoms with van der Waals surface area (Å²) in [5.74, 6) is -0.514. The maximum Gasteiger partial charge on any atom is 0.337 e. The van der Waals surface area contributed by atoms with Crippen molar-refractivity contribution >= 4 is 17.6 Å². The topological polar surface area (TPSA) is 81.4 Å². The van der Waals surface area contributed by atoms with Crippen molar-refractivity contribution in [3.63, 3.8) is 0 Å². The molecule has 5 heteroatoms. The number of carbonyl (C=O) groups is 2. The van der Waals surface area contributed by atoms with Crippen molar-refractivity contribution in [3.8, 4) is 0 Å². The number of ether oxygens (including phenoxy) is 1. The minimum absolute atomic E-state index is 0.154. The standard InChI is InChI=1S/C17H18N2O3/c1-22-17(21)13-7-5-12(6-8-13)9-10-19-16(20)14-3-2-4-15(18)11-14/h2-8,11H,9-10,18H2,1H3,(H,19,20). The van der Waals surface area contributed by atoms with Gasteiger partial charge in [0.05, 0.1) is 12.7 Å². The summed E-state index contributed by atoms with van der Waals surface area (Å²) in [6.07, 6.45) is 0.676. The van der Waals surface area contributed by atoms with Crippen LogP contribution in [-0.2, 0) is 11.2 Å². The molecule has 0 atom stereocenters. The van der Waals surface area contributed by atoms with E-state index in [1.807, 2.05) is 12.1 Å². The van der Waals surface area contributed by atoms with Gasteiger partial charge in [-0.3, -0.25) is 4.79 Å². The van der Waals surface area contributed by atoms with Gasteiger partial charge in [0, 0.05) is 17.8 Å². The van der Waals surface area contributed by atoms with Crippen molar-refractivity contribution in [3.05, 3.63) is 65.2 Å². The number of amides is 1. The smallest absolute Gasteiger partial charge is 0.337 e. The zero-order valence-corrected chi connectivity index (χ0v) is 12.3. The highest BCUT2D eigenvalue weighted by Gasteiger charge is 2.06. The van der Waals surface area contributed by atoms with Crippen LogP contribution in [0.25, 0.3) is 0 Å². The van der Waals surface area contributed by atoms with Gasteiger partial charge >= 0.3 is 5.97 Å². The zero-order valence-electron chi connectivity index (χ0n) is 12.3. The molecule has 0 unspecified atom stereocenters. The third-order valence-electron chi connectivity index (χ3n) is 3.22. The molecule has 0 aromatic heterocycles. The first-order valence-electron chi connectivity index (χ1n) is 6.91. The lowest BCUT2D eigenvalue weighted by Crippen LogP contribution is -2.25. The minimum Gasteiger partial charge on any atom is -0.465 e. The lowest BCUT2D eigenvalue weighted by atomic mass is 10.1. The van der Waals surface area contributed by atoms with Crippen LogP contribution >= 0.6 is 0 Å². The Morgan fingerprint density at radius 3 is 2.45 bits per heavy atom. The fourth-order valence-corrected chi connectivity index (χ4v) is 2.03. The van der Waals surface area contributed by atoms with Gasteiger partial charge in [0.1, 0.15) is 0 Å². The number of benzene rings is 2. The first-order chi connectivity index (χ1) is 10.6. The summed E-state index contributed by atoms with van der Waals surface area (Å²) in [7, 11) is 1.35. The number of hydrogen-bond donors (Lipinski definition) is 2. The van der Waals surface area contributed by atoms with Crippen LogP contribution in [0.4, 0.5) is 5.69 Å². The van der Waals surface area contributed by atoms with Gasteiger partial charge in [-0.1, -0.05) is 18.2 Å². The van der Waals surface area contributed by atoms with E-state index in [1.165, 1.54) is 7.11 Å². The minimum atomic E-state index is -0.360. The third-order valence-corrected chi connectivity index (χ3v) is 3.22. The Bertz CT molecular complexity index is 666. The lowest BCUT2D eigenvalue weighted by molar-refractivity contribution is 0.0600. The molecule has 2 aromatic rings. The van der Waals surface area contributed by atoms with Crippen LogP contribution in [0.5, 0.6) is 0 Å². The van der Waals surface area contributed by atoms with Crippen molar-refractivity contribution in [2.45, 2.75) is 6.42 Å². The molecule has 5 nitrogen and oxygen atoms in total. The Morgan fingerprint density at radius 1 is 1.09 bits per heavy atom. The van der Waals surface area contributed by atoms with E-state index >= 15 is 0 Å². The summed E-state index contributed by atoms with van der Waals surface area (Å²) >= 11 is 0. The average Bonchev–Trinajstić information content (AvgIpc) is 2.54. The van der Waals surface area contributed by atoms with Crippen molar-refractivity contribution < 1.29 is 14.3 Å². The van der Waals surface area contributed by atoms with Gasteiger partial charge in [0.15, 0.2) is 0 Å². The van der Waals surface area contributed by atoms with Gasteiger partial charge in [-0.25, -0.2) is 4.79 Å². The van der Waals surface area contributed by atoms with Crippen LogP contribution in [-0.4, -0.2) is 25.5 Å². The molecule has 0 spiro atoms. The van der Waals surface area contributed by atoms with Gasteiger partial charge < -0.3 is 15.8 Å². The zero-order chi connectivity index (χ0) is 15.9. The first-order valence-corrected chi connectivity index (χ1v) is 6.91. The molecule has 0 heterocycles. The number of methoxy groups -OCH3 is 1. The highest BCUT2D eigenvalue weighted by atomic mass is 16.5. The molecule has 1 amide bonds. The van der Waals surface area contributed by atoms with Crippen LogP contribution < -0.4 is 11.1 Å². The molecule has 2 aromatic carbocycles. The molecular weight excluding hydrogens is 280 g/mol. The van der Waals surface area contributed by atoms with E-state index in [1.54, 1.807) is 36.4 Å². The Balaban J connectivity index is 1.86. The molecule has 2 rings (SSSR count). The van der Waals surface area contributed by atoms with E-state index in [0.717, 1.165) is 5.56 Å². The van der Waals surface area contributed by atoms with Crippen LogP contribution in [0.2, 0.25) is 0 Å². The molecule has 0 aliphatic carbocycles. The second-order valence-corrected chi connectivity index (χ2v) is 4.82. The number of esters is 1. The van der Waals surface area contributed by atoms with Crippen LogP contribution in [0.3, 0.4) is 0 Å². The Hall–Kier alpha value is -2.82. The lowest BCUT2D eigenvalue weighted by Gasteiger charge is -2.06. The summed E-state index contributed by atoms with van der Waals surface area (Å²) in [6.45, 7) is 0.505. The van der Waals surface area contributed by atoms with Crippen molar-refractivity contribution in [1.82, 2.24) is 5.32 Å². The molecule has 0 bridgehead atoms. The summed E-state index contributed by atoms with van der Waals surface area (Å²) in [5.41, 5.74) is 8.29. The number of hydrogen-bond acceptors (Lipinski definition) is 4. The van der Waals surface area contributed by atoms with E-state index < -0.39 is 0 Å². The molecule has 0 fully saturated rings. The number of nitrogens with one attached hydrogen (secondary N) is 1. The SMILES string of the molecule is COC(=O)c1ccc(CCNC(=O)c2cccc(N)c2)cc1. The van der Waals surface area contributed by atoms with Crippen molar-refractivity contribution in [2.75, 3.05) is 19.4 Å². The van der Waals surface area contributed by atoms with E-state index in [4.69, 9.17) is 5.73 Å². The maximum absolute atomic E-state index is 11.9. The molecule has 0 aliphatic heterocycles. The molecule has 0 aliphatic rings. The van der Waals surface area contributed by atoms with Gasteiger partial charge in [-0.05, 0) is 42.3 Å². The van der Waals surface area contributed by atoms with E-state index in [9.17, 15) is 9.59 Å². The number of carbonyl (C=O) groups excluding carboxylic acids is 2. The number of anilines is 1. The summed E-state index contributed by atoms with van der Waals surface area (Å²) in [4.78, 5) is 23.3. The second-order valence-electron chi connectivity index (χ2n) is 4.82. The Morgan fingerprint density at radius 2 is 1.82 bits per heavy atom. The molecular formula is C17H18N2O3. The third kappa shape index (κ3) is 4.09. The quantitative estimate of drug-likeness (QED) is 0.653. The average molecular weight is 298 g/mol.